The van der Waals surface area contributed by atoms with Crippen molar-refractivity contribution in [1.82, 2.24) is 10.6 Å². The molecule has 0 bridgehead atoms. The Kier molecular flexibility index (Phi) is 6.42. The van der Waals surface area contributed by atoms with Crippen LogP contribution in [0.3, 0.4) is 0 Å². The second-order valence-electron chi connectivity index (χ2n) is 4.49. The summed E-state index contributed by atoms with van der Waals surface area (Å²) in [5.74, 6) is 0.0758. The Labute approximate surface area is 119 Å². The van der Waals surface area contributed by atoms with Crippen LogP contribution in [0.2, 0.25) is 0 Å². The first kappa shape index (κ1) is 15.6. The van der Waals surface area contributed by atoms with Crippen molar-refractivity contribution < 1.29 is 9.59 Å². The standard InChI is InChI=1S/C14H20N2O2S/c1-10(12-6-4-3-5-7-12)8-15-14(18)13(9-19)16-11(2)17/h3-7,10,13,19H,8-9H2,1-2H3,(H,15,18)(H,16,17). The molecule has 2 amide bonds. The van der Waals surface area contributed by atoms with Gasteiger partial charge in [-0.1, -0.05) is 37.3 Å². The molecule has 1 aromatic rings. The number of nitrogens with one attached hydrogen (secondary N) is 2. The smallest absolute Gasteiger partial charge is 0.243 e. The zero-order valence-corrected chi connectivity index (χ0v) is 12.1. The molecule has 0 saturated heterocycles. The summed E-state index contributed by atoms with van der Waals surface area (Å²) in [7, 11) is 0. The van der Waals surface area contributed by atoms with Crippen molar-refractivity contribution in [3.63, 3.8) is 0 Å². The highest BCUT2D eigenvalue weighted by Crippen LogP contribution is 2.12. The molecule has 0 aliphatic carbocycles. The molecule has 0 saturated carbocycles. The van der Waals surface area contributed by atoms with E-state index < -0.39 is 6.04 Å². The number of rotatable bonds is 6. The van der Waals surface area contributed by atoms with Gasteiger partial charge in [0, 0.05) is 19.2 Å². The molecule has 0 radical (unpaired) electrons. The van der Waals surface area contributed by atoms with Crippen LogP contribution in [0.25, 0.3) is 0 Å². The topological polar surface area (TPSA) is 58.2 Å². The largest absolute Gasteiger partial charge is 0.354 e. The molecule has 0 aliphatic heterocycles. The molecule has 2 N–H and O–H groups in total. The molecule has 1 rings (SSSR count). The van der Waals surface area contributed by atoms with E-state index >= 15 is 0 Å². The Bertz CT molecular complexity index is 423. The van der Waals surface area contributed by atoms with Crippen molar-refractivity contribution in [2.24, 2.45) is 0 Å². The molecule has 19 heavy (non-hydrogen) atoms. The maximum Gasteiger partial charge on any atom is 0.243 e. The molecule has 2 unspecified atom stereocenters. The number of hydrogen-bond acceptors (Lipinski definition) is 3. The summed E-state index contributed by atoms with van der Waals surface area (Å²) in [5.41, 5.74) is 1.17. The monoisotopic (exact) mass is 280 g/mol. The van der Waals surface area contributed by atoms with Crippen LogP contribution in [0, 0.1) is 0 Å². The number of carbonyl (C=O) groups is 2. The van der Waals surface area contributed by atoms with Gasteiger partial charge in [-0.05, 0) is 11.5 Å². The number of hydrogen-bond donors (Lipinski definition) is 3. The molecule has 1 aromatic carbocycles. The minimum Gasteiger partial charge on any atom is -0.354 e. The Morgan fingerprint density at radius 1 is 1.26 bits per heavy atom. The van der Waals surface area contributed by atoms with Gasteiger partial charge in [0.15, 0.2) is 0 Å². The van der Waals surface area contributed by atoms with E-state index in [1.54, 1.807) is 0 Å². The lowest BCUT2D eigenvalue weighted by atomic mass is 10.0. The van der Waals surface area contributed by atoms with Gasteiger partial charge >= 0.3 is 0 Å². The second kappa shape index (κ2) is 7.84. The molecule has 0 aliphatic rings. The summed E-state index contributed by atoms with van der Waals surface area (Å²) >= 11 is 4.07. The molecular weight excluding hydrogens is 260 g/mol. The van der Waals surface area contributed by atoms with Crippen molar-refractivity contribution in [2.75, 3.05) is 12.3 Å². The maximum absolute atomic E-state index is 11.9. The first-order valence-electron chi connectivity index (χ1n) is 6.25. The van der Waals surface area contributed by atoms with Crippen molar-refractivity contribution in [2.45, 2.75) is 25.8 Å². The van der Waals surface area contributed by atoms with E-state index in [4.69, 9.17) is 0 Å². The van der Waals surface area contributed by atoms with E-state index in [9.17, 15) is 9.59 Å². The molecule has 0 aromatic heterocycles. The van der Waals surface area contributed by atoms with E-state index in [-0.39, 0.29) is 23.5 Å². The normalized spacial score (nSPS) is 13.4. The van der Waals surface area contributed by atoms with Crippen LogP contribution >= 0.6 is 12.6 Å². The third kappa shape index (κ3) is 5.34. The minimum atomic E-state index is -0.580. The fourth-order valence-corrected chi connectivity index (χ4v) is 1.97. The third-order valence-corrected chi connectivity index (χ3v) is 3.19. The molecule has 0 spiro atoms. The van der Waals surface area contributed by atoms with Crippen molar-refractivity contribution in [1.29, 1.82) is 0 Å². The van der Waals surface area contributed by atoms with Gasteiger partial charge < -0.3 is 10.6 Å². The van der Waals surface area contributed by atoms with Gasteiger partial charge in [-0.15, -0.1) is 0 Å². The van der Waals surface area contributed by atoms with E-state index in [1.807, 2.05) is 37.3 Å². The van der Waals surface area contributed by atoms with E-state index in [1.165, 1.54) is 12.5 Å². The fraction of sp³-hybridized carbons (Fsp3) is 0.429. The zero-order chi connectivity index (χ0) is 14.3. The summed E-state index contributed by atoms with van der Waals surface area (Å²) in [6.45, 7) is 3.97. The van der Waals surface area contributed by atoms with Gasteiger partial charge in [-0.2, -0.15) is 12.6 Å². The van der Waals surface area contributed by atoms with Crippen molar-refractivity contribution in [3.8, 4) is 0 Å². The second-order valence-corrected chi connectivity index (χ2v) is 4.86. The minimum absolute atomic E-state index is 0.201. The van der Waals surface area contributed by atoms with Gasteiger partial charge in [-0.3, -0.25) is 9.59 Å². The van der Waals surface area contributed by atoms with Gasteiger partial charge in [0.05, 0.1) is 0 Å². The molecule has 0 heterocycles. The number of thiol groups is 1. The fourth-order valence-electron chi connectivity index (χ4n) is 1.72. The molecule has 104 valence electrons. The van der Waals surface area contributed by atoms with Crippen LogP contribution < -0.4 is 10.6 Å². The average Bonchev–Trinajstić information content (AvgIpc) is 2.42. The Balaban J connectivity index is 2.47. The molecule has 4 nitrogen and oxygen atoms in total. The lowest BCUT2D eigenvalue weighted by Crippen LogP contribution is -2.48. The third-order valence-electron chi connectivity index (χ3n) is 2.83. The quantitative estimate of drug-likeness (QED) is 0.689. The van der Waals surface area contributed by atoms with Gasteiger partial charge in [-0.25, -0.2) is 0 Å². The number of amides is 2. The summed E-state index contributed by atoms with van der Waals surface area (Å²) in [5, 5.41) is 5.40. The van der Waals surface area contributed by atoms with E-state index in [2.05, 4.69) is 23.3 Å². The van der Waals surface area contributed by atoms with Crippen molar-refractivity contribution in [3.05, 3.63) is 35.9 Å². The average molecular weight is 280 g/mol. The van der Waals surface area contributed by atoms with Gasteiger partial charge in [0.2, 0.25) is 11.8 Å². The highest BCUT2D eigenvalue weighted by atomic mass is 32.1. The molecule has 2 atom stereocenters. The molecule has 0 fully saturated rings. The van der Waals surface area contributed by atoms with Crippen molar-refractivity contribution >= 4 is 24.4 Å². The predicted octanol–water partition coefficient (Wildman–Crippen LogP) is 1.34. The van der Waals surface area contributed by atoms with Crippen LogP contribution in [0.1, 0.15) is 25.3 Å². The van der Waals surface area contributed by atoms with E-state index in [0.29, 0.717) is 6.54 Å². The number of benzene rings is 1. The maximum atomic E-state index is 11.9. The lowest BCUT2D eigenvalue weighted by Gasteiger charge is -2.18. The highest BCUT2D eigenvalue weighted by molar-refractivity contribution is 7.80. The predicted molar refractivity (Wildman–Crippen MR) is 79.3 cm³/mol. The first-order chi connectivity index (χ1) is 9.04. The van der Waals surface area contributed by atoms with Crippen LogP contribution in [-0.4, -0.2) is 30.2 Å². The van der Waals surface area contributed by atoms with Crippen LogP contribution in [0.5, 0.6) is 0 Å². The Morgan fingerprint density at radius 2 is 1.89 bits per heavy atom. The number of carbonyl (C=O) groups excluding carboxylic acids is 2. The van der Waals surface area contributed by atoms with Gasteiger partial charge in [0.1, 0.15) is 6.04 Å². The van der Waals surface area contributed by atoms with Crippen LogP contribution in [0.15, 0.2) is 30.3 Å². The zero-order valence-electron chi connectivity index (χ0n) is 11.2. The summed E-state index contributed by atoms with van der Waals surface area (Å²) in [4.78, 5) is 22.8. The Hall–Kier alpha value is -1.49. The van der Waals surface area contributed by atoms with Crippen LogP contribution in [-0.2, 0) is 9.59 Å². The summed E-state index contributed by atoms with van der Waals surface area (Å²) in [6.07, 6.45) is 0. The SMILES string of the molecule is CC(=O)NC(CS)C(=O)NCC(C)c1ccccc1. The lowest BCUT2D eigenvalue weighted by molar-refractivity contribution is -0.127. The summed E-state index contributed by atoms with van der Waals surface area (Å²) in [6, 6.07) is 9.39. The highest BCUT2D eigenvalue weighted by Gasteiger charge is 2.18. The summed E-state index contributed by atoms with van der Waals surface area (Å²) < 4.78 is 0. The van der Waals surface area contributed by atoms with Gasteiger partial charge in [0.25, 0.3) is 0 Å². The first-order valence-corrected chi connectivity index (χ1v) is 6.88. The van der Waals surface area contributed by atoms with Crippen LogP contribution in [0.4, 0.5) is 0 Å². The van der Waals surface area contributed by atoms with E-state index in [0.717, 1.165) is 0 Å². The Morgan fingerprint density at radius 3 is 2.42 bits per heavy atom. The molecular formula is C14H20N2O2S. The molecule has 5 heteroatoms.